The zero-order valence-electron chi connectivity index (χ0n) is 14.7. The summed E-state index contributed by atoms with van der Waals surface area (Å²) < 4.78 is 13.5. The van der Waals surface area contributed by atoms with Crippen LogP contribution < -0.4 is 4.74 Å². The van der Waals surface area contributed by atoms with Gasteiger partial charge in [-0.3, -0.25) is 5.10 Å². The smallest absolute Gasteiger partial charge is 0.216 e. The molecule has 0 radical (unpaired) electrons. The standard InChI is InChI=1S/C18H19ClN4O2S/c1-4-16-21-22-18(26)23(16)20-9-13-5-6-14(25-13)10-24-15-7-11(2)17(19)12(3)8-15/h5-9H,4,10H2,1-3H3,(H,22,26). The molecule has 0 atom stereocenters. The number of aromatic nitrogens is 3. The van der Waals surface area contributed by atoms with Gasteiger partial charge in [0.1, 0.15) is 23.9 Å². The Balaban J connectivity index is 1.68. The van der Waals surface area contributed by atoms with Gasteiger partial charge in [-0.2, -0.15) is 14.9 Å². The number of rotatable bonds is 6. The van der Waals surface area contributed by atoms with Crippen molar-refractivity contribution < 1.29 is 9.15 Å². The molecule has 0 aliphatic heterocycles. The van der Waals surface area contributed by atoms with Crippen molar-refractivity contribution in [1.82, 2.24) is 14.9 Å². The maximum atomic E-state index is 6.18. The minimum absolute atomic E-state index is 0.319. The Morgan fingerprint density at radius 3 is 2.77 bits per heavy atom. The lowest BCUT2D eigenvalue weighted by Crippen LogP contribution is -1.97. The molecule has 0 spiro atoms. The van der Waals surface area contributed by atoms with Gasteiger partial charge < -0.3 is 9.15 Å². The Bertz CT molecular complexity index is 980. The molecule has 1 N–H and O–H groups in total. The lowest BCUT2D eigenvalue weighted by molar-refractivity contribution is 0.269. The van der Waals surface area contributed by atoms with E-state index in [2.05, 4.69) is 15.3 Å². The molecule has 0 saturated heterocycles. The first-order valence-electron chi connectivity index (χ1n) is 8.17. The highest BCUT2D eigenvalue weighted by Crippen LogP contribution is 2.26. The van der Waals surface area contributed by atoms with Crippen molar-refractivity contribution in [2.24, 2.45) is 5.10 Å². The van der Waals surface area contributed by atoms with Crippen LogP contribution in [-0.4, -0.2) is 21.1 Å². The van der Waals surface area contributed by atoms with Crippen LogP contribution in [0.1, 0.15) is 35.4 Å². The molecule has 1 aromatic carbocycles. The van der Waals surface area contributed by atoms with Crippen LogP contribution in [-0.2, 0) is 13.0 Å². The summed E-state index contributed by atoms with van der Waals surface area (Å²) in [5, 5.41) is 11.9. The highest BCUT2D eigenvalue weighted by Gasteiger charge is 2.06. The van der Waals surface area contributed by atoms with Gasteiger partial charge in [-0.25, -0.2) is 0 Å². The highest BCUT2D eigenvalue weighted by atomic mass is 35.5. The quantitative estimate of drug-likeness (QED) is 0.483. The molecular formula is C18H19ClN4O2S. The summed E-state index contributed by atoms with van der Waals surface area (Å²) in [5.74, 6) is 2.82. The van der Waals surface area contributed by atoms with Crippen LogP contribution >= 0.6 is 23.8 Å². The van der Waals surface area contributed by atoms with Gasteiger partial charge in [0.25, 0.3) is 0 Å². The molecule has 136 valence electrons. The predicted molar refractivity (Wildman–Crippen MR) is 104 cm³/mol. The second-order valence-corrected chi connectivity index (χ2v) is 6.58. The average molecular weight is 391 g/mol. The summed E-state index contributed by atoms with van der Waals surface area (Å²) in [6.45, 7) is 6.21. The number of nitrogens with zero attached hydrogens (tertiary/aromatic N) is 3. The molecule has 0 bridgehead atoms. The monoisotopic (exact) mass is 390 g/mol. The summed E-state index contributed by atoms with van der Waals surface area (Å²) >= 11 is 11.3. The third-order valence-electron chi connectivity index (χ3n) is 3.81. The van der Waals surface area contributed by atoms with Gasteiger partial charge in [0.05, 0.1) is 6.21 Å². The highest BCUT2D eigenvalue weighted by molar-refractivity contribution is 7.71. The van der Waals surface area contributed by atoms with Crippen molar-refractivity contribution in [3.8, 4) is 5.75 Å². The summed E-state index contributed by atoms with van der Waals surface area (Å²) in [6.07, 6.45) is 2.33. The number of H-pyrrole nitrogens is 1. The fourth-order valence-electron chi connectivity index (χ4n) is 2.47. The van der Waals surface area contributed by atoms with E-state index in [1.165, 1.54) is 0 Å². The fraction of sp³-hybridized carbons (Fsp3) is 0.278. The Kier molecular flexibility index (Phi) is 5.58. The van der Waals surface area contributed by atoms with Gasteiger partial charge in [0.2, 0.25) is 4.77 Å². The minimum atomic E-state index is 0.319. The van der Waals surface area contributed by atoms with Crippen molar-refractivity contribution in [2.45, 2.75) is 33.8 Å². The number of ether oxygens (including phenoxy) is 1. The van der Waals surface area contributed by atoms with E-state index in [-0.39, 0.29) is 0 Å². The number of nitrogens with one attached hydrogen (secondary N) is 1. The fourth-order valence-corrected chi connectivity index (χ4v) is 2.78. The average Bonchev–Trinajstić information content (AvgIpc) is 3.22. The maximum absolute atomic E-state index is 6.18. The molecule has 0 amide bonds. The molecule has 0 aliphatic carbocycles. The van der Waals surface area contributed by atoms with Crippen LogP contribution in [0.2, 0.25) is 5.02 Å². The maximum Gasteiger partial charge on any atom is 0.216 e. The first-order chi connectivity index (χ1) is 12.5. The molecule has 6 nitrogen and oxygen atoms in total. The Hall–Kier alpha value is -2.38. The van der Waals surface area contributed by atoms with Crippen molar-refractivity contribution in [3.05, 3.63) is 62.5 Å². The number of hydrogen-bond donors (Lipinski definition) is 1. The molecule has 0 aliphatic rings. The van der Waals surface area contributed by atoms with Crippen LogP contribution in [0.3, 0.4) is 0 Å². The minimum Gasteiger partial charge on any atom is -0.486 e. The molecule has 26 heavy (non-hydrogen) atoms. The van der Waals surface area contributed by atoms with Crippen LogP contribution in [0.25, 0.3) is 0 Å². The largest absolute Gasteiger partial charge is 0.486 e. The normalized spacial score (nSPS) is 11.4. The topological polar surface area (TPSA) is 68.3 Å². The van der Waals surface area contributed by atoms with Crippen LogP contribution in [0, 0.1) is 18.6 Å². The molecule has 2 heterocycles. The van der Waals surface area contributed by atoms with Gasteiger partial charge in [-0.05, 0) is 61.5 Å². The zero-order chi connectivity index (χ0) is 18.7. The van der Waals surface area contributed by atoms with Gasteiger partial charge in [0, 0.05) is 11.4 Å². The molecule has 0 fully saturated rings. The Labute approximate surface area is 161 Å². The molecule has 2 aromatic heterocycles. The van der Waals surface area contributed by atoms with Crippen molar-refractivity contribution in [2.75, 3.05) is 0 Å². The lowest BCUT2D eigenvalue weighted by Gasteiger charge is -2.08. The number of benzene rings is 1. The van der Waals surface area contributed by atoms with Gasteiger partial charge >= 0.3 is 0 Å². The van der Waals surface area contributed by atoms with Gasteiger partial charge in [-0.1, -0.05) is 18.5 Å². The van der Waals surface area contributed by atoms with Gasteiger partial charge in [-0.15, -0.1) is 0 Å². The first-order valence-corrected chi connectivity index (χ1v) is 8.95. The third kappa shape index (κ3) is 4.05. The molecule has 3 rings (SSSR count). The van der Waals surface area contributed by atoms with E-state index in [0.29, 0.717) is 22.9 Å². The summed E-state index contributed by atoms with van der Waals surface area (Å²) in [5.41, 5.74) is 1.97. The van der Waals surface area contributed by atoms with E-state index < -0.39 is 0 Å². The first kappa shape index (κ1) is 18.4. The van der Waals surface area contributed by atoms with Crippen LogP contribution in [0.15, 0.2) is 33.8 Å². The summed E-state index contributed by atoms with van der Waals surface area (Å²) in [6, 6.07) is 7.50. The van der Waals surface area contributed by atoms with Crippen molar-refractivity contribution in [3.63, 3.8) is 0 Å². The summed E-state index contributed by atoms with van der Waals surface area (Å²) in [7, 11) is 0. The van der Waals surface area contributed by atoms with Gasteiger partial charge in [0.15, 0.2) is 5.82 Å². The second kappa shape index (κ2) is 7.88. The second-order valence-electron chi connectivity index (χ2n) is 5.82. The van der Waals surface area contributed by atoms with E-state index in [1.54, 1.807) is 10.9 Å². The zero-order valence-corrected chi connectivity index (χ0v) is 16.3. The molecule has 0 unspecified atom stereocenters. The number of furan rings is 1. The Morgan fingerprint density at radius 1 is 1.35 bits per heavy atom. The molecule has 0 saturated carbocycles. The Morgan fingerprint density at radius 2 is 2.08 bits per heavy atom. The van der Waals surface area contributed by atoms with Crippen molar-refractivity contribution >= 4 is 30.0 Å². The van der Waals surface area contributed by atoms with E-state index in [1.807, 2.05) is 45.0 Å². The molecule has 8 heteroatoms. The van der Waals surface area contributed by atoms with E-state index in [4.69, 9.17) is 33.0 Å². The molecular weight excluding hydrogens is 372 g/mol. The predicted octanol–water partition coefficient (Wildman–Crippen LogP) is 4.83. The van der Waals surface area contributed by atoms with E-state index in [0.717, 1.165) is 34.1 Å². The number of halogens is 1. The van der Waals surface area contributed by atoms with Crippen LogP contribution in [0.4, 0.5) is 0 Å². The lowest BCUT2D eigenvalue weighted by atomic mass is 10.1. The van der Waals surface area contributed by atoms with E-state index in [9.17, 15) is 0 Å². The van der Waals surface area contributed by atoms with Crippen molar-refractivity contribution in [1.29, 1.82) is 0 Å². The number of aromatic amines is 1. The van der Waals surface area contributed by atoms with Crippen LogP contribution in [0.5, 0.6) is 5.75 Å². The van der Waals surface area contributed by atoms with E-state index >= 15 is 0 Å². The SMILES string of the molecule is CCc1n[nH]c(=S)n1N=Cc1ccc(COc2cc(C)c(Cl)c(C)c2)o1. The number of hydrogen-bond acceptors (Lipinski definition) is 5. The summed E-state index contributed by atoms with van der Waals surface area (Å²) in [4.78, 5) is 0. The molecule has 3 aromatic rings. The number of aryl methyl sites for hydroxylation is 3. The third-order valence-corrected chi connectivity index (χ3v) is 4.67.